The van der Waals surface area contributed by atoms with Gasteiger partial charge in [-0.2, -0.15) is 0 Å². The number of carbonyl (C=O) groups is 1. The number of fused-ring (bicyclic) bond motifs is 1. The molecule has 1 aliphatic heterocycles. The molecule has 0 saturated heterocycles. The average molecular weight is 445 g/mol. The molecule has 0 unspecified atom stereocenters. The van der Waals surface area contributed by atoms with Crippen molar-refractivity contribution in [3.8, 4) is 0 Å². The minimum atomic E-state index is 0.129. The minimum absolute atomic E-state index is 0.129. The number of hydrogen-bond donors (Lipinski definition) is 0. The van der Waals surface area contributed by atoms with Gasteiger partial charge in [0, 0.05) is 27.8 Å². The SMILES string of the molecule is O=C(Cc1csc(SCc2ccc(Br)cc2)n1)N1CCc2ccccc21. The zero-order chi connectivity index (χ0) is 17.9. The van der Waals surface area contributed by atoms with E-state index in [4.69, 9.17) is 0 Å². The van der Waals surface area contributed by atoms with Crippen molar-refractivity contribution < 1.29 is 4.79 Å². The molecule has 0 aliphatic carbocycles. The first-order chi connectivity index (χ1) is 12.7. The maximum atomic E-state index is 12.7. The van der Waals surface area contributed by atoms with Crippen LogP contribution in [0.1, 0.15) is 16.8 Å². The Labute approximate surface area is 169 Å². The van der Waals surface area contributed by atoms with E-state index in [9.17, 15) is 4.79 Å². The predicted molar refractivity (Wildman–Crippen MR) is 112 cm³/mol. The number of anilines is 1. The molecule has 3 aromatic rings. The number of amides is 1. The molecule has 0 atom stereocenters. The fourth-order valence-electron chi connectivity index (χ4n) is 3.01. The molecular formula is C20H17BrN2OS2. The van der Waals surface area contributed by atoms with Crippen molar-refractivity contribution in [2.45, 2.75) is 22.9 Å². The van der Waals surface area contributed by atoms with Gasteiger partial charge in [-0.15, -0.1) is 11.3 Å². The number of hydrogen-bond acceptors (Lipinski definition) is 4. The molecule has 132 valence electrons. The number of benzene rings is 2. The fraction of sp³-hybridized carbons (Fsp3) is 0.200. The van der Waals surface area contributed by atoms with E-state index in [1.165, 1.54) is 11.1 Å². The van der Waals surface area contributed by atoms with Gasteiger partial charge < -0.3 is 4.90 Å². The summed E-state index contributed by atoms with van der Waals surface area (Å²) in [6.07, 6.45) is 1.30. The summed E-state index contributed by atoms with van der Waals surface area (Å²) in [5, 5.41) is 2.00. The second kappa shape index (κ2) is 7.94. The summed E-state index contributed by atoms with van der Waals surface area (Å²) in [5.41, 5.74) is 4.44. The summed E-state index contributed by atoms with van der Waals surface area (Å²) in [6, 6.07) is 16.5. The first-order valence-corrected chi connectivity index (χ1v) is 11.0. The van der Waals surface area contributed by atoms with Crippen molar-refractivity contribution in [2.75, 3.05) is 11.4 Å². The van der Waals surface area contributed by atoms with Crippen LogP contribution in [0.2, 0.25) is 0 Å². The lowest BCUT2D eigenvalue weighted by molar-refractivity contribution is -0.117. The Hall–Kier alpha value is -1.63. The van der Waals surface area contributed by atoms with Gasteiger partial charge in [-0.25, -0.2) is 4.98 Å². The predicted octanol–water partition coefficient (Wildman–Crippen LogP) is 5.33. The van der Waals surface area contributed by atoms with E-state index < -0.39 is 0 Å². The molecule has 2 aromatic carbocycles. The maximum absolute atomic E-state index is 12.7. The summed E-state index contributed by atoms with van der Waals surface area (Å²) in [4.78, 5) is 19.2. The van der Waals surface area contributed by atoms with Gasteiger partial charge in [0.05, 0.1) is 12.1 Å². The summed E-state index contributed by atoms with van der Waals surface area (Å²) < 4.78 is 2.10. The molecule has 0 N–H and O–H groups in total. The molecule has 0 fully saturated rings. The lowest BCUT2D eigenvalue weighted by Crippen LogP contribution is -2.30. The number of thioether (sulfide) groups is 1. The normalized spacial score (nSPS) is 13.0. The fourth-order valence-corrected chi connectivity index (χ4v) is 5.07. The van der Waals surface area contributed by atoms with E-state index in [2.05, 4.69) is 51.2 Å². The van der Waals surface area contributed by atoms with E-state index in [-0.39, 0.29) is 5.91 Å². The van der Waals surface area contributed by atoms with Crippen LogP contribution in [0.25, 0.3) is 0 Å². The zero-order valence-electron chi connectivity index (χ0n) is 14.0. The number of carbonyl (C=O) groups excluding carboxylic acids is 1. The summed E-state index contributed by atoms with van der Waals surface area (Å²) >= 11 is 6.78. The molecule has 0 radical (unpaired) electrons. The van der Waals surface area contributed by atoms with Crippen LogP contribution in [0.5, 0.6) is 0 Å². The first-order valence-electron chi connectivity index (χ1n) is 8.39. The highest BCUT2D eigenvalue weighted by Crippen LogP contribution is 2.30. The Morgan fingerprint density at radius 2 is 2.00 bits per heavy atom. The molecule has 1 aromatic heterocycles. The number of thiazole rings is 1. The van der Waals surface area contributed by atoms with Gasteiger partial charge in [0.2, 0.25) is 5.91 Å². The largest absolute Gasteiger partial charge is 0.311 e. The molecule has 4 rings (SSSR count). The van der Waals surface area contributed by atoms with Crippen LogP contribution < -0.4 is 4.90 Å². The lowest BCUT2D eigenvalue weighted by atomic mass is 10.2. The molecular weight excluding hydrogens is 428 g/mol. The summed E-state index contributed by atoms with van der Waals surface area (Å²) in [6.45, 7) is 0.771. The van der Waals surface area contributed by atoms with Crippen molar-refractivity contribution in [3.05, 3.63) is 75.2 Å². The van der Waals surface area contributed by atoms with Crippen molar-refractivity contribution in [2.24, 2.45) is 0 Å². The Morgan fingerprint density at radius 1 is 1.19 bits per heavy atom. The monoisotopic (exact) mass is 444 g/mol. The lowest BCUT2D eigenvalue weighted by Gasteiger charge is -2.16. The van der Waals surface area contributed by atoms with E-state index in [1.807, 2.05) is 28.5 Å². The summed E-state index contributed by atoms with van der Waals surface area (Å²) in [7, 11) is 0. The van der Waals surface area contributed by atoms with Gasteiger partial charge in [-0.1, -0.05) is 58.0 Å². The highest BCUT2D eigenvalue weighted by atomic mass is 79.9. The third-order valence-corrected chi connectivity index (χ3v) is 7.00. The van der Waals surface area contributed by atoms with Crippen molar-refractivity contribution in [1.82, 2.24) is 4.98 Å². The third-order valence-electron chi connectivity index (χ3n) is 4.33. The van der Waals surface area contributed by atoms with Crippen LogP contribution in [-0.2, 0) is 23.4 Å². The molecule has 1 aliphatic rings. The summed E-state index contributed by atoms with van der Waals surface area (Å²) in [5.74, 6) is 1.01. The number of halogens is 1. The number of para-hydroxylation sites is 1. The molecule has 1 amide bonds. The topological polar surface area (TPSA) is 33.2 Å². The average Bonchev–Trinajstić information content (AvgIpc) is 3.28. The highest BCUT2D eigenvalue weighted by Gasteiger charge is 2.24. The Morgan fingerprint density at radius 3 is 2.85 bits per heavy atom. The van der Waals surface area contributed by atoms with Gasteiger partial charge in [0.25, 0.3) is 0 Å². The van der Waals surface area contributed by atoms with Crippen LogP contribution >= 0.6 is 39.0 Å². The highest BCUT2D eigenvalue weighted by molar-refractivity contribution is 9.10. The van der Waals surface area contributed by atoms with Crippen LogP contribution in [0.3, 0.4) is 0 Å². The second-order valence-corrected chi connectivity index (χ2v) is 9.12. The third kappa shape index (κ3) is 4.03. The standard InChI is InChI=1S/C20H17BrN2OS2/c21-16-7-5-14(6-8-16)12-25-20-22-17(13-26-20)11-19(24)23-10-9-15-3-1-2-4-18(15)23/h1-8,13H,9-12H2. The maximum Gasteiger partial charge on any atom is 0.233 e. The van der Waals surface area contributed by atoms with Crippen molar-refractivity contribution in [1.29, 1.82) is 0 Å². The van der Waals surface area contributed by atoms with E-state index in [0.717, 1.165) is 38.9 Å². The van der Waals surface area contributed by atoms with Crippen molar-refractivity contribution in [3.63, 3.8) is 0 Å². The van der Waals surface area contributed by atoms with Crippen LogP contribution in [-0.4, -0.2) is 17.4 Å². The Kier molecular flexibility index (Phi) is 5.43. The van der Waals surface area contributed by atoms with Gasteiger partial charge in [0.1, 0.15) is 4.34 Å². The van der Waals surface area contributed by atoms with Crippen molar-refractivity contribution >= 4 is 50.6 Å². The van der Waals surface area contributed by atoms with Gasteiger partial charge in [-0.3, -0.25) is 4.79 Å². The van der Waals surface area contributed by atoms with Gasteiger partial charge in [0.15, 0.2) is 0 Å². The van der Waals surface area contributed by atoms with E-state index in [0.29, 0.717) is 6.42 Å². The Balaban J connectivity index is 1.36. The Bertz CT molecular complexity index is 924. The van der Waals surface area contributed by atoms with Gasteiger partial charge in [-0.05, 0) is 35.7 Å². The van der Waals surface area contributed by atoms with Gasteiger partial charge >= 0.3 is 0 Å². The number of nitrogens with zero attached hydrogens (tertiary/aromatic N) is 2. The molecule has 6 heteroatoms. The van der Waals surface area contributed by atoms with E-state index >= 15 is 0 Å². The molecule has 0 bridgehead atoms. The zero-order valence-corrected chi connectivity index (χ0v) is 17.2. The molecule has 3 nitrogen and oxygen atoms in total. The number of aromatic nitrogens is 1. The second-order valence-electron chi connectivity index (χ2n) is 6.12. The van der Waals surface area contributed by atoms with Crippen LogP contribution in [0.4, 0.5) is 5.69 Å². The molecule has 2 heterocycles. The molecule has 0 saturated carbocycles. The van der Waals surface area contributed by atoms with E-state index in [1.54, 1.807) is 23.1 Å². The van der Waals surface area contributed by atoms with Crippen LogP contribution in [0, 0.1) is 0 Å². The smallest absolute Gasteiger partial charge is 0.233 e. The number of rotatable bonds is 5. The quantitative estimate of drug-likeness (QED) is 0.498. The van der Waals surface area contributed by atoms with Crippen LogP contribution in [0.15, 0.2) is 62.7 Å². The molecule has 0 spiro atoms. The first kappa shape index (κ1) is 17.8. The minimum Gasteiger partial charge on any atom is -0.311 e. The molecule has 26 heavy (non-hydrogen) atoms.